The van der Waals surface area contributed by atoms with Gasteiger partial charge in [-0.3, -0.25) is 9.59 Å². The van der Waals surface area contributed by atoms with Crippen molar-refractivity contribution in [1.82, 2.24) is 10.6 Å². The maximum Gasteiger partial charge on any atom is 0.251 e. The Bertz CT molecular complexity index is 583. The van der Waals surface area contributed by atoms with Gasteiger partial charge in [-0.2, -0.15) is 0 Å². The minimum Gasteiger partial charge on any atom is -0.352 e. The Balaban J connectivity index is 2.74. The van der Waals surface area contributed by atoms with Crippen LogP contribution in [0.1, 0.15) is 35.3 Å². The molecule has 0 saturated heterocycles. The maximum atomic E-state index is 12.0. The van der Waals surface area contributed by atoms with Crippen LogP contribution in [0.25, 0.3) is 0 Å². The summed E-state index contributed by atoms with van der Waals surface area (Å²) in [6, 6.07) is 5.37. The molecular weight excluding hydrogens is 266 g/mol. The molecule has 0 aliphatic carbocycles. The zero-order valence-corrected chi connectivity index (χ0v) is 12.6. The molecule has 5 heteroatoms. The topological polar surface area (TPSA) is 84.2 Å². The van der Waals surface area contributed by atoms with Crippen LogP contribution in [-0.2, 0) is 4.79 Å². The summed E-state index contributed by atoms with van der Waals surface area (Å²) in [5.41, 5.74) is 7.48. The predicted molar refractivity (Wildman–Crippen MR) is 82.7 cm³/mol. The normalized spacial score (nSPS) is 9.76. The van der Waals surface area contributed by atoms with E-state index in [9.17, 15) is 9.59 Å². The molecule has 0 heterocycles. The van der Waals surface area contributed by atoms with Gasteiger partial charge in [0.15, 0.2) is 0 Å². The molecule has 0 radical (unpaired) electrons. The third-order valence-corrected chi connectivity index (χ3v) is 2.53. The van der Waals surface area contributed by atoms with Crippen LogP contribution in [0.4, 0.5) is 0 Å². The van der Waals surface area contributed by atoms with E-state index in [0.29, 0.717) is 5.56 Å². The molecule has 2 amide bonds. The molecule has 112 valence electrons. The molecule has 0 atom stereocenters. The van der Waals surface area contributed by atoms with E-state index in [0.717, 1.165) is 11.1 Å². The van der Waals surface area contributed by atoms with Gasteiger partial charge in [-0.1, -0.05) is 11.8 Å². The van der Waals surface area contributed by atoms with Gasteiger partial charge >= 0.3 is 0 Å². The van der Waals surface area contributed by atoms with Gasteiger partial charge in [0.05, 0.1) is 13.1 Å². The second-order valence-electron chi connectivity index (χ2n) is 5.00. The third-order valence-electron chi connectivity index (χ3n) is 2.53. The first-order chi connectivity index (χ1) is 9.92. The number of rotatable bonds is 4. The first-order valence-electron chi connectivity index (χ1n) is 6.80. The zero-order valence-electron chi connectivity index (χ0n) is 12.6. The number of aryl methyl sites for hydroxylation is 1. The highest BCUT2D eigenvalue weighted by molar-refractivity contribution is 5.97. The fraction of sp³-hybridized carbons (Fsp3) is 0.375. The fourth-order valence-corrected chi connectivity index (χ4v) is 1.78. The second-order valence-corrected chi connectivity index (χ2v) is 5.00. The lowest BCUT2D eigenvalue weighted by atomic mass is 10.1. The molecule has 21 heavy (non-hydrogen) atoms. The van der Waals surface area contributed by atoms with Crippen LogP contribution < -0.4 is 16.4 Å². The van der Waals surface area contributed by atoms with Crippen molar-refractivity contribution in [2.45, 2.75) is 26.8 Å². The van der Waals surface area contributed by atoms with E-state index >= 15 is 0 Å². The van der Waals surface area contributed by atoms with E-state index in [1.54, 1.807) is 12.1 Å². The standard InChI is InChI=1S/C16H21N3O2/c1-11(2)19-15(20)10-18-16(21)14-8-12(3)7-13(9-14)5-4-6-17/h7-9,11H,6,10,17H2,1-3H3,(H,18,21)(H,19,20). The van der Waals surface area contributed by atoms with E-state index in [-0.39, 0.29) is 30.9 Å². The number of nitrogens with two attached hydrogens (primary N) is 1. The number of hydrogen-bond acceptors (Lipinski definition) is 3. The largest absolute Gasteiger partial charge is 0.352 e. The molecule has 0 unspecified atom stereocenters. The van der Waals surface area contributed by atoms with Gasteiger partial charge in [0.25, 0.3) is 5.91 Å². The third kappa shape index (κ3) is 6.11. The van der Waals surface area contributed by atoms with Gasteiger partial charge in [0.1, 0.15) is 0 Å². The Morgan fingerprint density at radius 2 is 2.00 bits per heavy atom. The average molecular weight is 287 g/mol. The Hall–Kier alpha value is -2.32. The van der Waals surface area contributed by atoms with Gasteiger partial charge in [-0.05, 0) is 44.5 Å². The van der Waals surface area contributed by atoms with Gasteiger partial charge in [-0.15, -0.1) is 0 Å². The van der Waals surface area contributed by atoms with Crippen molar-refractivity contribution in [3.05, 3.63) is 34.9 Å². The van der Waals surface area contributed by atoms with Crippen molar-refractivity contribution in [2.75, 3.05) is 13.1 Å². The van der Waals surface area contributed by atoms with Crippen molar-refractivity contribution >= 4 is 11.8 Å². The molecule has 0 fully saturated rings. The summed E-state index contributed by atoms with van der Waals surface area (Å²) in [6.45, 7) is 5.83. The molecule has 1 rings (SSSR count). The Morgan fingerprint density at radius 1 is 1.29 bits per heavy atom. The SMILES string of the molecule is Cc1cc(C#CCN)cc(C(=O)NCC(=O)NC(C)C)c1. The zero-order chi connectivity index (χ0) is 15.8. The molecule has 0 aromatic heterocycles. The molecular formula is C16H21N3O2. The number of nitrogens with one attached hydrogen (secondary N) is 2. The van der Waals surface area contributed by atoms with E-state index in [1.165, 1.54) is 0 Å². The number of hydrogen-bond donors (Lipinski definition) is 3. The fourth-order valence-electron chi connectivity index (χ4n) is 1.78. The maximum absolute atomic E-state index is 12.0. The van der Waals surface area contributed by atoms with E-state index in [4.69, 9.17) is 5.73 Å². The van der Waals surface area contributed by atoms with Crippen molar-refractivity contribution < 1.29 is 9.59 Å². The highest BCUT2D eigenvalue weighted by Gasteiger charge is 2.09. The van der Waals surface area contributed by atoms with Crippen LogP contribution in [0.5, 0.6) is 0 Å². The summed E-state index contributed by atoms with van der Waals surface area (Å²) in [5, 5.41) is 5.30. The second kappa shape index (κ2) is 8.08. The Labute approximate surface area is 125 Å². The van der Waals surface area contributed by atoms with E-state index < -0.39 is 0 Å². The van der Waals surface area contributed by atoms with Crippen LogP contribution in [0.3, 0.4) is 0 Å². The summed E-state index contributed by atoms with van der Waals surface area (Å²) in [7, 11) is 0. The molecule has 0 aliphatic rings. The minimum atomic E-state index is -0.298. The van der Waals surface area contributed by atoms with Crippen LogP contribution in [0.2, 0.25) is 0 Å². The average Bonchev–Trinajstić information content (AvgIpc) is 2.41. The quantitative estimate of drug-likeness (QED) is 0.707. The van der Waals surface area contributed by atoms with Crippen molar-refractivity contribution in [2.24, 2.45) is 5.73 Å². The monoisotopic (exact) mass is 287 g/mol. The van der Waals surface area contributed by atoms with Gasteiger partial charge in [-0.25, -0.2) is 0 Å². The Morgan fingerprint density at radius 3 is 2.62 bits per heavy atom. The number of carbonyl (C=O) groups is 2. The summed E-state index contributed by atoms with van der Waals surface area (Å²) in [6.07, 6.45) is 0. The lowest BCUT2D eigenvalue weighted by molar-refractivity contribution is -0.120. The smallest absolute Gasteiger partial charge is 0.251 e. The predicted octanol–water partition coefficient (Wildman–Crippen LogP) is 0.560. The van der Waals surface area contributed by atoms with Crippen LogP contribution in [0.15, 0.2) is 18.2 Å². The molecule has 0 saturated carbocycles. The Kier molecular flexibility index (Phi) is 6.44. The molecule has 1 aromatic carbocycles. The minimum absolute atomic E-state index is 0.0469. The van der Waals surface area contributed by atoms with Crippen LogP contribution in [0, 0.1) is 18.8 Å². The first kappa shape index (κ1) is 16.7. The van der Waals surface area contributed by atoms with E-state index in [1.807, 2.05) is 26.8 Å². The first-order valence-corrected chi connectivity index (χ1v) is 6.80. The highest BCUT2D eigenvalue weighted by atomic mass is 16.2. The van der Waals surface area contributed by atoms with E-state index in [2.05, 4.69) is 22.5 Å². The molecule has 0 aliphatic heterocycles. The number of carbonyl (C=O) groups excluding carboxylic acids is 2. The van der Waals surface area contributed by atoms with Crippen molar-refractivity contribution in [3.8, 4) is 11.8 Å². The lowest BCUT2D eigenvalue weighted by Crippen LogP contribution is -2.39. The molecule has 4 N–H and O–H groups in total. The summed E-state index contributed by atoms with van der Waals surface area (Å²) in [4.78, 5) is 23.6. The summed E-state index contributed by atoms with van der Waals surface area (Å²) < 4.78 is 0. The molecule has 0 spiro atoms. The van der Waals surface area contributed by atoms with Crippen LogP contribution >= 0.6 is 0 Å². The van der Waals surface area contributed by atoms with Crippen LogP contribution in [-0.4, -0.2) is 30.9 Å². The summed E-state index contributed by atoms with van der Waals surface area (Å²) in [5.74, 6) is 5.14. The molecule has 5 nitrogen and oxygen atoms in total. The number of benzene rings is 1. The lowest BCUT2D eigenvalue weighted by Gasteiger charge is -2.09. The summed E-state index contributed by atoms with van der Waals surface area (Å²) >= 11 is 0. The molecule has 0 bridgehead atoms. The van der Waals surface area contributed by atoms with Crippen molar-refractivity contribution in [1.29, 1.82) is 0 Å². The van der Waals surface area contributed by atoms with Crippen molar-refractivity contribution in [3.63, 3.8) is 0 Å². The van der Waals surface area contributed by atoms with Gasteiger partial charge in [0.2, 0.25) is 5.91 Å². The number of amides is 2. The molecule has 1 aromatic rings. The van der Waals surface area contributed by atoms with Gasteiger partial charge < -0.3 is 16.4 Å². The van der Waals surface area contributed by atoms with Gasteiger partial charge in [0, 0.05) is 17.2 Å². The highest BCUT2D eigenvalue weighted by Crippen LogP contribution is 2.09.